The predicted octanol–water partition coefficient (Wildman–Crippen LogP) is 2.38. The normalized spacial score (nSPS) is 13.0. The Bertz CT molecular complexity index is 1010. The molecule has 0 saturated carbocycles. The molecular weight excluding hydrogens is 398 g/mol. The van der Waals surface area contributed by atoms with Gasteiger partial charge >= 0.3 is 5.97 Å². The second-order valence-corrected chi connectivity index (χ2v) is 8.93. The summed E-state index contributed by atoms with van der Waals surface area (Å²) in [4.78, 5) is 24.6. The summed E-state index contributed by atoms with van der Waals surface area (Å²) in [6.45, 7) is 11.6. The Kier molecular flexibility index (Phi) is 6.69. The molecule has 2 heterocycles. The third-order valence-electron chi connectivity index (χ3n) is 4.57. The highest BCUT2D eigenvalue weighted by Gasteiger charge is 2.29. The first-order valence-corrected chi connectivity index (χ1v) is 10.7. The SMILES string of the molecule is Cc1noc(C)c1S(=O)(=O)N[C@@H](C)C(=O)OCC(=O)c1cc(C)n(C(C)C)c1C. The minimum absolute atomic E-state index is 0.116. The van der Waals surface area contributed by atoms with Crippen molar-refractivity contribution in [1.29, 1.82) is 0 Å². The number of aryl methyl sites for hydroxylation is 3. The van der Waals surface area contributed by atoms with Crippen molar-refractivity contribution in [2.24, 2.45) is 0 Å². The molecule has 0 saturated heterocycles. The van der Waals surface area contributed by atoms with E-state index in [1.165, 1.54) is 20.8 Å². The molecule has 0 fully saturated rings. The summed E-state index contributed by atoms with van der Waals surface area (Å²) in [6, 6.07) is 0.761. The van der Waals surface area contributed by atoms with Gasteiger partial charge in [0.1, 0.15) is 16.6 Å². The number of carbonyl (C=O) groups excluding carboxylic acids is 2. The van der Waals surface area contributed by atoms with Crippen LogP contribution in [0.15, 0.2) is 15.5 Å². The van der Waals surface area contributed by atoms with E-state index in [0.29, 0.717) is 5.56 Å². The van der Waals surface area contributed by atoms with E-state index >= 15 is 0 Å². The zero-order chi connectivity index (χ0) is 22.1. The lowest BCUT2D eigenvalue weighted by molar-refractivity contribution is -0.144. The van der Waals surface area contributed by atoms with E-state index in [9.17, 15) is 18.0 Å². The maximum absolute atomic E-state index is 12.5. The number of aromatic nitrogens is 2. The Labute approximate surface area is 170 Å². The van der Waals surface area contributed by atoms with Gasteiger partial charge in [-0.1, -0.05) is 5.16 Å². The molecule has 2 aromatic heterocycles. The number of ether oxygens (including phenoxy) is 1. The molecular formula is C19H27N3O6S. The zero-order valence-corrected chi connectivity index (χ0v) is 18.5. The number of carbonyl (C=O) groups is 2. The van der Waals surface area contributed by atoms with E-state index in [4.69, 9.17) is 9.26 Å². The molecule has 0 aromatic carbocycles. The number of nitrogens with one attached hydrogen (secondary N) is 1. The van der Waals surface area contributed by atoms with Gasteiger partial charge in [-0.05, 0) is 54.5 Å². The van der Waals surface area contributed by atoms with Crippen molar-refractivity contribution in [2.45, 2.75) is 65.4 Å². The molecule has 0 bridgehead atoms. The van der Waals surface area contributed by atoms with Crippen molar-refractivity contribution in [3.63, 3.8) is 0 Å². The standard InChI is InChI=1S/C19H27N3O6S/c1-10(2)22-11(3)8-16(14(22)6)17(23)9-27-19(24)13(5)21-29(25,26)18-12(4)20-28-15(18)7/h8,10,13,21H,9H2,1-7H3/t13-/m0/s1. The molecule has 2 rings (SSSR count). The summed E-state index contributed by atoms with van der Waals surface area (Å²) >= 11 is 0. The maximum atomic E-state index is 12.5. The van der Waals surface area contributed by atoms with Crippen LogP contribution in [-0.4, -0.2) is 42.5 Å². The minimum Gasteiger partial charge on any atom is -0.456 e. The quantitative estimate of drug-likeness (QED) is 0.509. The van der Waals surface area contributed by atoms with Gasteiger partial charge in [0.25, 0.3) is 0 Å². The van der Waals surface area contributed by atoms with Crippen LogP contribution in [0, 0.1) is 27.7 Å². The summed E-state index contributed by atoms with van der Waals surface area (Å²) in [6.07, 6.45) is 0. The molecule has 0 radical (unpaired) electrons. The van der Waals surface area contributed by atoms with E-state index in [-0.39, 0.29) is 28.2 Å². The van der Waals surface area contributed by atoms with Crippen molar-refractivity contribution in [3.8, 4) is 0 Å². The number of rotatable bonds is 8. The van der Waals surface area contributed by atoms with Crippen LogP contribution < -0.4 is 4.72 Å². The maximum Gasteiger partial charge on any atom is 0.324 e. The van der Waals surface area contributed by atoms with Crippen LogP contribution in [-0.2, 0) is 19.6 Å². The second kappa shape index (κ2) is 8.50. The van der Waals surface area contributed by atoms with Crippen LogP contribution in [0.1, 0.15) is 60.0 Å². The highest BCUT2D eigenvalue weighted by Crippen LogP contribution is 2.21. The van der Waals surface area contributed by atoms with E-state index in [0.717, 1.165) is 11.4 Å². The minimum atomic E-state index is -4.03. The van der Waals surface area contributed by atoms with Crippen LogP contribution in [0.4, 0.5) is 0 Å². The summed E-state index contributed by atoms with van der Waals surface area (Å²) in [5, 5.41) is 3.60. The number of hydrogen-bond donors (Lipinski definition) is 1. The first-order valence-electron chi connectivity index (χ1n) is 9.20. The smallest absolute Gasteiger partial charge is 0.324 e. The molecule has 2 aromatic rings. The van der Waals surface area contributed by atoms with Crippen molar-refractivity contribution in [2.75, 3.05) is 6.61 Å². The molecule has 10 heteroatoms. The van der Waals surface area contributed by atoms with Gasteiger partial charge in [0.2, 0.25) is 15.8 Å². The van der Waals surface area contributed by atoms with Gasteiger partial charge in [-0.2, -0.15) is 4.72 Å². The average molecular weight is 426 g/mol. The number of Topliss-reactive ketones (excluding diaryl/α,β-unsaturated/α-hetero) is 1. The lowest BCUT2D eigenvalue weighted by Crippen LogP contribution is -2.40. The first kappa shape index (κ1) is 22.8. The Morgan fingerprint density at radius 1 is 1.21 bits per heavy atom. The fourth-order valence-electron chi connectivity index (χ4n) is 3.39. The van der Waals surface area contributed by atoms with Crippen molar-refractivity contribution in [3.05, 3.63) is 34.5 Å². The molecule has 0 spiro atoms. The Balaban J connectivity index is 2.04. The Morgan fingerprint density at radius 3 is 2.31 bits per heavy atom. The Morgan fingerprint density at radius 2 is 1.83 bits per heavy atom. The van der Waals surface area contributed by atoms with Crippen LogP contribution in [0.5, 0.6) is 0 Å². The second-order valence-electron chi connectivity index (χ2n) is 7.28. The van der Waals surface area contributed by atoms with Gasteiger partial charge < -0.3 is 13.8 Å². The molecule has 1 N–H and O–H groups in total. The van der Waals surface area contributed by atoms with Gasteiger partial charge in [0.15, 0.2) is 12.4 Å². The van der Waals surface area contributed by atoms with Crippen LogP contribution >= 0.6 is 0 Å². The van der Waals surface area contributed by atoms with Gasteiger partial charge in [-0.15, -0.1) is 0 Å². The lowest BCUT2D eigenvalue weighted by Gasteiger charge is -2.14. The fourth-order valence-corrected chi connectivity index (χ4v) is 4.91. The molecule has 9 nitrogen and oxygen atoms in total. The summed E-state index contributed by atoms with van der Waals surface area (Å²) in [5.74, 6) is -1.09. The van der Waals surface area contributed by atoms with Crippen LogP contribution in [0.3, 0.4) is 0 Å². The number of nitrogens with zero attached hydrogens (tertiary/aromatic N) is 2. The van der Waals surface area contributed by atoms with Crippen molar-refractivity contribution in [1.82, 2.24) is 14.4 Å². The molecule has 0 aliphatic carbocycles. The molecule has 0 aliphatic heterocycles. The number of esters is 1. The summed E-state index contributed by atoms with van der Waals surface area (Å²) in [7, 11) is -4.03. The van der Waals surface area contributed by atoms with E-state index in [1.807, 2.05) is 32.3 Å². The summed E-state index contributed by atoms with van der Waals surface area (Å²) in [5.41, 5.74) is 2.40. The monoisotopic (exact) mass is 425 g/mol. The molecule has 160 valence electrons. The van der Waals surface area contributed by atoms with Gasteiger partial charge in [0.05, 0.1) is 0 Å². The van der Waals surface area contributed by atoms with E-state index in [2.05, 4.69) is 9.88 Å². The van der Waals surface area contributed by atoms with Crippen LogP contribution in [0.25, 0.3) is 0 Å². The lowest BCUT2D eigenvalue weighted by atomic mass is 10.1. The molecule has 0 amide bonds. The third kappa shape index (κ3) is 4.76. The Hall–Kier alpha value is -2.46. The first-order chi connectivity index (χ1) is 13.4. The number of sulfonamides is 1. The number of hydrogen-bond acceptors (Lipinski definition) is 7. The number of ketones is 1. The van der Waals surface area contributed by atoms with Gasteiger partial charge in [-0.25, -0.2) is 8.42 Å². The predicted molar refractivity (Wildman–Crippen MR) is 105 cm³/mol. The van der Waals surface area contributed by atoms with Gasteiger partial charge in [0, 0.05) is 23.0 Å². The van der Waals surface area contributed by atoms with E-state index < -0.39 is 28.6 Å². The third-order valence-corrected chi connectivity index (χ3v) is 6.35. The van der Waals surface area contributed by atoms with Crippen molar-refractivity contribution < 1.29 is 27.3 Å². The van der Waals surface area contributed by atoms with Crippen molar-refractivity contribution >= 4 is 21.8 Å². The topological polar surface area (TPSA) is 121 Å². The highest BCUT2D eigenvalue weighted by atomic mass is 32.2. The largest absolute Gasteiger partial charge is 0.456 e. The van der Waals surface area contributed by atoms with E-state index in [1.54, 1.807) is 6.07 Å². The summed E-state index contributed by atoms with van der Waals surface area (Å²) < 4.78 is 39.1. The highest BCUT2D eigenvalue weighted by molar-refractivity contribution is 7.89. The fraction of sp³-hybridized carbons (Fsp3) is 0.526. The zero-order valence-electron chi connectivity index (χ0n) is 17.7. The molecule has 0 unspecified atom stereocenters. The van der Waals surface area contributed by atoms with Gasteiger partial charge in [-0.3, -0.25) is 9.59 Å². The average Bonchev–Trinajstić information content (AvgIpc) is 3.10. The molecule has 1 atom stereocenters. The molecule has 29 heavy (non-hydrogen) atoms. The van der Waals surface area contributed by atoms with Crippen LogP contribution in [0.2, 0.25) is 0 Å². The molecule has 0 aliphatic rings.